The number of thiophene rings is 1. The Bertz CT molecular complexity index is 578. The zero-order valence-electron chi connectivity index (χ0n) is 15.7. The summed E-state index contributed by atoms with van der Waals surface area (Å²) in [5.74, 6) is 0.344. The minimum absolute atomic E-state index is 0.0799. The second kappa shape index (κ2) is 9.48. The number of piperidine rings is 1. The van der Waals surface area contributed by atoms with E-state index in [1.54, 1.807) is 11.3 Å². The van der Waals surface area contributed by atoms with E-state index < -0.39 is 0 Å². The highest BCUT2D eigenvalue weighted by Crippen LogP contribution is 2.12. The third kappa shape index (κ3) is 5.28. The molecule has 2 amide bonds. The van der Waals surface area contributed by atoms with Gasteiger partial charge in [0.2, 0.25) is 11.8 Å². The van der Waals surface area contributed by atoms with Crippen LogP contribution in [0, 0.1) is 0 Å². The summed E-state index contributed by atoms with van der Waals surface area (Å²) in [5.41, 5.74) is 0. The summed E-state index contributed by atoms with van der Waals surface area (Å²) in [4.78, 5) is 32.4. The summed E-state index contributed by atoms with van der Waals surface area (Å²) in [7, 11) is 0. The molecular formula is C19H30N4O2S. The molecule has 26 heavy (non-hydrogen) atoms. The Kier molecular flexibility index (Phi) is 7.05. The number of hydrogen-bond acceptors (Lipinski definition) is 5. The first-order valence-electron chi connectivity index (χ1n) is 9.68. The normalized spacial score (nSPS) is 20.7. The van der Waals surface area contributed by atoms with Crippen molar-refractivity contribution < 1.29 is 9.59 Å². The van der Waals surface area contributed by atoms with Crippen LogP contribution in [0.3, 0.4) is 0 Å². The Balaban J connectivity index is 1.38. The molecule has 1 N–H and O–H groups in total. The molecule has 2 aliphatic heterocycles. The maximum atomic E-state index is 12.4. The molecule has 0 spiro atoms. The van der Waals surface area contributed by atoms with Gasteiger partial charge >= 0.3 is 0 Å². The van der Waals surface area contributed by atoms with Crippen LogP contribution in [0.2, 0.25) is 0 Å². The van der Waals surface area contributed by atoms with Crippen molar-refractivity contribution in [3.63, 3.8) is 0 Å². The lowest BCUT2D eigenvalue weighted by molar-refractivity contribution is -0.134. The highest BCUT2D eigenvalue weighted by Gasteiger charge is 2.27. The van der Waals surface area contributed by atoms with E-state index in [-0.39, 0.29) is 17.9 Å². The Labute approximate surface area is 160 Å². The fourth-order valence-corrected chi connectivity index (χ4v) is 4.29. The maximum Gasteiger partial charge on any atom is 0.237 e. The van der Waals surface area contributed by atoms with Gasteiger partial charge < -0.3 is 10.2 Å². The number of carbonyl (C=O) groups is 2. The molecule has 0 radical (unpaired) electrons. The monoisotopic (exact) mass is 378 g/mol. The van der Waals surface area contributed by atoms with Crippen LogP contribution in [0.1, 0.15) is 31.1 Å². The number of carbonyl (C=O) groups excluding carboxylic acids is 2. The van der Waals surface area contributed by atoms with Crippen LogP contribution in [0.5, 0.6) is 0 Å². The fraction of sp³-hybridized carbons (Fsp3) is 0.684. The molecule has 3 rings (SSSR count). The fourth-order valence-electron chi connectivity index (χ4n) is 3.64. The van der Waals surface area contributed by atoms with E-state index in [1.807, 2.05) is 29.3 Å². The van der Waals surface area contributed by atoms with Crippen LogP contribution >= 0.6 is 11.3 Å². The molecule has 0 aliphatic carbocycles. The van der Waals surface area contributed by atoms with E-state index in [0.29, 0.717) is 13.1 Å². The second-order valence-corrected chi connectivity index (χ2v) is 8.26. The van der Waals surface area contributed by atoms with Gasteiger partial charge in [-0.05, 0) is 37.6 Å². The van der Waals surface area contributed by atoms with Gasteiger partial charge in [-0.2, -0.15) is 0 Å². The van der Waals surface area contributed by atoms with E-state index in [0.717, 1.165) is 52.1 Å². The number of nitrogens with one attached hydrogen (secondary N) is 1. The molecule has 2 aliphatic rings. The van der Waals surface area contributed by atoms with Crippen molar-refractivity contribution >= 4 is 23.2 Å². The van der Waals surface area contributed by atoms with Crippen molar-refractivity contribution in [2.75, 3.05) is 45.8 Å². The molecule has 7 heteroatoms. The van der Waals surface area contributed by atoms with Crippen LogP contribution in [0.15, 0.2) is 17.5 Å². The number of rotatable bonds is 6. The molecule has 0 aromatic carbocycles. The highest BCUT2D eigenvalue weighted by atomic mass is 32.1. The molecule has 6 nitrogen and oxygen atoms in total. The summed E-state index contributed by atoms with van der Waals surface area (Å²) in [6.45, 7) is 8.29. The Hall–Kier alpha value is -1.44. The number of hydrogen-bond donors (Lipinski definition) is 1. The molecule has 0 unspecified atom stereocenters. The second-order valence-electron chi connectivity index (χ2n) is 7.23. The third-order valence-electron chi connectivity index (χ3n) is 5.42. The zero-order valence-corrected chi connectivity index (χ0v) is 16.5. The molecule has 2 fully saturated rings. The maximum absolute atomic E-state index is 12.4. The van der Waals surface area contributed by atoms with Gasteiger partial charge in [0.15, 0.2) is 0 Å². The largest absolute Gasteiger partial charge is 0.350 e. The van der Waals surface area contributed by atoms with Crippen molar-refractivity contribution in [3.05, 3.63) is 22.4 Å². The lowest BCUT2D eigenvalue weighted by Gasteiger charge is -2.38. The van der Waals surface area contributed by atoms with Crippen molar-refractivity contribution in [2.45, 2.75) is 38.8 Å². The summed E-state index contributed by atoms with van der Waals surface area (Å²) in [6, 6.07) is 3.91. The minimum atomic E-state index is -0.130. The van der Waals surface area contributed by atoms with E-state index in [1.165, 1.54) is 11.3 Å². The van der Waals surface area contributed by atoms with Crippen LogP contribution < -0.4 is 5.32 Å². The first-order valence-corrected chi connectivity index (χ1v) is 10.6. The minimum Gasteiger partial charge on any atom is -0.350 e. The van der Waals surface area contributed by atoms with Gasteiger partial charge in [-0.15, -0.1) is 11.3 Å². The van der Waals surface area contributed by atoms with Crippen LogP contribution in [0.25, 0.3) is 0 Å². The predicted octanol–water partition coefficient (Wildman–Crippen LogP) is 1.38. The molecule has 1 atom stereocenters. The van der Waals surface area contributed by atoms with Crippen LogP contribution in [-0.4, -0.2) is 78.4 Å². The first-order chi connectivity index (χ1) is 12.6. The van der Waals surface area contributed by atoms with E-state index in [2.05, 4.69) is 15.1 Å². The SMILES string of the molecule is C[C@H](C(=O)NCc1cccs1)N1CCN(CC(=O)N2CCCCC2)CC1. The van der Waals surface area contributed by atoms with Crippen molar-refractivity contribution in [1.29, 1.82) is 0 Å². The molecule has 0 bridgehead atoms. The lowest BCUT2D eigenvalue weighted by Crippen LogP contribution is -2.55. The van der Waals surface area contributed by atoms with Crippen molar-refractivity contribution in [3.8, 4) is 0 Å². The van der Waals surface area contributed by atoms with Gasteiger partial charge in [0.25, 0.3) is 0 Å². The standard InChI is InChI=1S/C19H30N4O2S/c1-16(19(25)20-14-17-6-5-13-26-17)22-11-9-21(10-12-22)15-18(24)23-7-3-2-4-8-23/h5-6,13,16H,2-4,7-12,14-15H2,1H3,(H,20,25)/t16-/m1/s1. The zero-order chi connectivity index (χ0) is 18.4. The first kappa shape index (κ1) is 19.3. The van der Waals surface area contributed by atoms with E-state index in [4.69, 9.17) is 0 Å². The number of nitrogens with zero attached hydrogens (tertiary/aromatic N) is 3. The lowest BCUT2D eigenvalue weighted by atomic mass is 10.1. The molecular weight excluding hydrogens is 348 g/mol. The third-order valence-corrected chi connectivity index (χ3v) is 6.30. The van der Waals surface area contributed by atoms with Gasteiger partial charge in [0.05, 0.1) is 19.1 Å². The average molecular weight is 379 g/mol. The smallest absolute Gasteiger partial charge is 0.237 e. The predicted molar refractivity (Wildman–Crippen MR) is 104 cm³/mol. The topological polar surface area (TPSA) is 55.9 Å². The summed E-state index contributed by atoms with van der Waals surface area (Å²) in [6.07, 6.45) is 3.52. The van der Waals surface area contributed by atoms with Crippen molar-refractivity contribution in [1.82, 2.24) is 20.0 Å². The summed E-state index contributed by atoms with van der Waals surface area (Å²) >= 11 is 1.66. The quantitative estimate of drug-likeness (QED) is 0.813. The molecule has 144 valence electrons. The summed E-state index contributed by atoms with van der Waals surface area (Å²) < 4.78 is 0. The van der Waals surface area contributed by atoms with Crippen LogP contribution in [0.4, 0.5) is 0 Å². The molecule has 3 heterocycles. The Morgan fingerprint density at radius 2 is 1.85 bits per heavy atom. The number of amides is 2. The Morgan fingerprint density at radius 1 is 1.12 bits per heavy atom. The summed E-state index contributed by atoms with van der Waals surface area (Å²) in [5, 5.41) is 5.05. The van der Waals surface area contributed by atoms with Gasteiger partial charge in [-0.3, -0.25) is 19.4 Å². The molecule has 1 aromatic rings. The Morgan fingerprint density at radius 3 is 2.50 bits per heavy atom. The van der Waals surface area contributed by atoms with Crippen LogP contribution in [-0.2, 0) is 16.1 Å². The average Bonchev–Trinajstić information content (AvgIpc) is 3.20. The van der Waals surface area contributed by atoms with Gasteiger partial charge in [0.1, 0.15) is 0 Å². The number of piperazine rings is 1. The van der Waals surface area contributed by atoms with Gasteiger partial charge in [0, 0.05) is 44.1 Å². The van der Waals surface area contributed by atoms with E-state index in [9.17, 15) is 9.59 Å². The van der Waals surface area contributed by atoms with Gasteiger partial charge in [-0.25, -0.2) is 0 Å². The molecule has 2 saturated heterocycles. The van der Waals surface area contributed by atoms with Gasteiger partial charge in [-0.1, -0.05) is 6.07 Å². The van der Waals surface area contributed by atoms with Crippen molar-refractivity contribution in [2.24, 2.45) is 0 Å². The number of likely N-dealkylation sites (tertiary alicyclic amines) is 1. The van der Waals surface area contributed by atoms with E-state index >= 15 is 0 Å². The molecule has 1 aromatic heterocycles. The molecule has 0 saturated carbocycles. The highest BCUT2D eigenvalue weighted by molar-refractivity contribution is 7.09.